The van der Waals surface area contributed by atoms with Crippen molar-refractivity contribution in [3.05, 3.63) is 35.9 Å². The normalized spacial score (nSPS) is 9.65. The van der Waals surface area contributed by atoms with Crippen LogP contribution in [-0.2, 0) is 20.9 Å². The highest BCUT2D eigenvalue weighted by Gasteiger charge is 2.14. The lowest BCUT2D eigenvalue weighted by molar-refractivity contribution is -0.138. The highest BCUT2D eigenvalue weighted by molar-refractivity contribution is 5.84. The molecule has 7 heteroatoms. The van der Waals surface area contributed by atoms with Crippen LogP contribution >= 0.6 is 0 Å². The van der Waals surface area contributed by atoms with E-state index < -0.39 is 24.5 Å². The topological polar surface area (TPSA) is 95.9 Å². The van der Waals surface area contributed by atoms with Crippen molar-refractivity contribution in [2.75, 3.05) is 20.1 Å². The molecule has 0 heterocycles. The maximum Gasteiger partial charge on any atom is 0.410 e. The third-order valence-electron chi connectivity index (χ3n) is 2.33. The lowest BCUT2D eigenvalue weighted by Gasteiger charge is -2.16. The molecule has 0 aliphatic heterocycles. The first-order chi connectivity index (χ1) is 9.49. The summed E-state index contributed by atoms with van der Waals surface area (Å²) >= 11 is 0. The number of carboxylic acids is 1. The molecule has 2 N–H and O–H groups in total. The van der Waals surface area contributed by atoms with Gasteiger partial charge in [0.1, 0.15) is 19.7 Å². The van der Waals surface area contributed by atoms with Crippen molar-refractivity contribution in [2.45, 2.75) is 6.61 Å². The van der Waals surface area contributed by atoms with Gasteiger partial charge in [0.25, 0.3) is 0 Å². The summed E-state index contributed by atoms with van der Waals surface area (Å²) in [6.45, 7) is -0.632. The molecule has 7 nitrogen and oxygen atoms in total. The Morgan fingerprint density at radius 1 is 1.25 bits per heavy atom. The van der Waals surface area contributed by atoms with Crippen LogP contribution in [0.5, 0.6) is 0 Å². The molecule has 1 rings (SSSR count). The molecule has 0 unspecified atom stereocenters. The number of carboxylic acid groups (broad SMARTS) is 1. The van der Waals surface area contributed by atoms with Gasteiger partial charge in [0.15, 0.2) is 0 Å². The number of hydrogen-bond acceptors (Lipinski definition) is 4. The number of nitrogens with one attached hydrogen (secondary N) is 1. The summed E-state index contributed by atoms with van der Waals surface area (Å²) < 4.78 is 5.01. The molecule has 0 fully saturated rings. The van der Waals surface area contributed by atoms with Crippen LogP contribution in [0.15, 0.2) is 30.3 Å². The van der Waals surface area contributed by atoms with Gasteiger partial charge >= 0.3 is 12.1 Å². The first kappa shape index (κ1) is 15.5. The fourth-order valence-corrected chi connectivity index (χ4v) is 1.34. The fourth-order valence-electron chi connectivity index (χ4n) is 1.34. The molecule has 0 bridgehead atoms. The summed E-state index contributed by atoms with van der Waals surface area (Å²) in [5.74, 6) is -1.71. The first-order valence-corrected chi connectivity index (χ1v) is 5.89. The quantitative estimate of drug-likeness (QED) is 0.789. The molecular formula is C13H16N2O5. The van der Waals surface area contributed by atoms with Gasteiger partial charge in [-0.1, -0.05) is 30.3 Å². The number of aliphatic carboxylic acids is 1. The van der Waals surface area contributed by atoms with E-state index in [1.54, 1.807) is 0 Å². The van der Waals surface area contributed by atoms with Crippen molar-refractivity contribution < 1.29 is 24.2 Å². The molecule has 20 heavy (non-hydrogen) atoms. The number of nitrogens with zero attached hydrogens (tertiary/aromatic N) is 1. The molecule has 0 atom stereocenters. The summed E-state index contributed by atoms with van der Waals surface area (Å²) in [6.07, 6.45) is -0.653. The van der Waals surface area contributed by atoms with E-state index in [1.165, 1.54) is 7.05 Å². The van der Waals surface area contributed by atoms with Crippen molar-refractivity contribution in [3.8, 4) is 0 Å². The largest absolute Gasteiger partial charge is 0.480 e. The van der Waals surface area contributed by atoms with Gasteiger partial charge in [-0.3, -0.25) is 9.59 Å². The van der Waals surface area contributed by atoms with Gasteiger partial charge in [-0.05, 0) is 5.56 Å². The molecular weight excluding hydrogens is 264 g/mol. The van der Waals surface area contributed by atoms with Crippen LogP contribution < -0.4 is 5.32 Å². The Labute approximate surface area is 116 Å². The smallest absolute Gasteiger partial charge is 0.410 e. The Morgan fingerprint density at radius 2 is 1.90 bits per heavy atom. The number of hydrogen-bond donors (Lipinski definition) is 2. The second kappa shape index (κ2) is 7.78. The van der Waals surface area contributed by atoms with E-state index in [2.05, 4.69) is 5.32 Å². The Bertz CT molecular complexity index is 475. The highest BCUT2D eigenvalue weighted by Crippen LogP contribution is 2.02. The SMILES string of the molecule is CN(CC(=O)NCC(=O)O)C(=O)OCc1ccccc1. The highest BCUT2D eigenvalue weighted by atomic mass is 16.6. The lowest BCUT2D eigenvalue weighted by atomic mass is 10.2. The third kappa shape index (κ3) is 5.85. The zero-order valence-corrected chi connectivity index (χ0v) is 11.0. The Balaban J connectivity index is 2.32. The number of carbonyl (C=O) groups is 3. The molecule has 108 valence electrons. The van der Waals surface area contributed by atoms with Crippen LogP contribution in [0, 0.1) is 0 Å². The van der Waals surface area contributed by atoms with Crippen molar-refractivity contribution in [1.29, 1.82) is 0 Å². The zero-order valence-electron chi connectivity index (χ0n) is 11.0. The van der Waals surface area contributed by atoms with Gasteiger partial charge in [0, 0.05) is 7.05 Å². The van der Waals surface area contributed by atoms with E-state index in [0.29, 0.717) is 0 Å². The van der Waals surface area contributed by atoms with E-state index in [9.17, 15) is 14.4 Å². The minimum Gasteiger partial charge on any atom is -0.480 e. The molecule has 0 aliphatic carbocycles. The lowest BCUT2D eigenvalue weighted by Crippen LogP contribution is -2.40. The predicted octanol–water partition coefficient (Wildman–Crippen LogP) is 0.456. The fraction of sp³-hybridized carbons (Fsp3) is 0.308. The van der Waals surface area contributed by atoms with Crippen molar-refractivity contribution in [1.82, 2.24) is 10.2 Å². The average Bonchev–Trinajstić information content (AvgIpc) is 2.43. The maximum absolute atomic E-state index is 11.6. The second-order valence-corrected chi connectivity index (χ2v) is 4.07. The minimum absolute atomic E-state index is 0.112. The molecule has 1 aromatic rings. The molecule has 0 aromatic heterocycles. The van der Waals surface area contributed by atoms with Crippen LogP contribution in [0.2, 0.25) is 0 Å². The molecule has 0 spiro atoms. The number of rotatable bonds is 6. The van der Waals surface area contributed by atoms with Crippen LogP contribution in [0.25, 0.3) is 0 Å². The number of ether oxygens (including phenoxy) is 1. The van der Waals surface area contributed by atoms with Crippen LogP contribution in [-0.4, -0.2) is 48.1 Å². The van der Waals surface area contributed by atoms with Crippen LogP contribution in [0.3, 0.4) is 0 Å². The van der Waals surface area contributed by atoms with Gasteiger partial charge < -0.3 is 20.1 Å². The monoisotopic (exact) mass is 280 g/mol. The molecule has 0 saturated heterocycles. The van der Waals surface area contributed by atoms with Crippen LogP contribution in [0.1, 0.15) is 5.56 Å². The first-order valence-electron chi connectivity index (χ1n) is 5.89. The van der Waals surface area contributed by atoms with Gasteiger partial charge in [-0.15, -0.1) is 0 Å². The molecule has 0 radical (unpaired) electrons. The maximum atomic E-state index is 11.6. The number of likely N-dealkylation sites (N-methyl/N-ethyl adjacent to an activating group) is 1. The van der Waals surface area contributed by atoms with Crippen molar-refractivity contribution in [3.63, 3.8) is 0 Å². The summed E-state index contributed by atoms with van der Waals surface area (Å²) in [7, 11) is 1.40. The third-order valence-corrected chi connectivity index (χ3v) is 2.33. The number of benzene rings is 1. The Hall–Kier alpha value is -2.57. The molecule has 2 amide bonds. The predicted molar refractivity (Wildman–Crippen MR) is 69.9 cm³/mol. The van der Waals surface area contributed by atoms with Gasteiger partial charge in [0.2, 0.25) is 5.91 Å². The molecule has 1 aromatic carbocycles. The summed E-state index contributed by atoms with van der Waals surface area (Å²) in [4.78, 5) is 34.2. The molecule has 0 aliphatic rings. The summed E-state index contributed by atoms with van der Waals surface area (Å²) in [5.41, 5.74) is 0.838. The zero-order chi connectivity index (χ0) is 15.0. The minimum atomic E-state index is -1.15. The number of carbonyl (C=O) groups excluding carboxylic acids is 2. The standard InChI is InChI=1S/C13H16N2O5/c1-15(8-11(16)14-7-12(17)18)13(19)20-9-10-5-3-2-4-6-10/h2-6H,7-9H2,1H3,(H,14,16)(H,17,18). The van der Waals surface area contributed by atoms with E-state index in [1.807, 2.05) is 30.3 Å². The number of amides is 2. The molecule has 0 saturated carbocycles. The average molecular weight is 280 g/mol. The summed E-state index contributed by atoms with van der Waals surface area (Å²) in [5, 5.41) is 10.5. The van der Waals surface area contributed by atoms with E-state index in [4.69, 9.17) is 9.84 Å². The van der Waals surface area contributed by atoms with Crippen molar-refractivity contribution in [2.24, 2.45) is 0 Å². The Morgan fingerprint density at radius 3 is 2.50 bits per heavy atom. The van der Waals surface area contributed by atoms with Gasteiger partial charge in [0.05, 0.1) is 0 Å². The van der Waals surface area contributed by atoms with E-state index in [0.717, 1.165) is 10.5 Å². The Kier molecular flexibility index (Phi) is 6.02. The van der Waals surface area contributed by atoms with Crippen molar-refractivity contribution >= 4 is 18.0 Å². The summed E-state index contributed by atoms with van der Waals surface area (Å²) in [6, 6.07) is 9.13. The van der Waals surface area contributed by atoms with Gasteiger partial charge in [-0.25, -0.2) is 4.79 Å². The van der Waals surface area contributed by atoms with E-state index >= 15 is 0 Å². The van der Waals surface area contributed by atoms with E-state index in [-0.39, 0.29) is 13.2 Å². The van der Waals surface area contributed by atoms with Gasteiger partial charge in [-0.2, -0.15) is 0 Å². The second-order valence-electron chi connectivity index (χ2n) is 4.07. The van der Waals surface area contributed by atoms with Crippen LogP contribution in [0.4, 0.5) is 4.79 Å².